The molecule has 19 heavy (non-hydrogen) atoms. The van der Waals surface area contributed by atoms with Crippen LogP contribution in [-0.2, 0) is 6.42 Å². The molecule has 0 atom stereocenters. The highest BCUT2D eigenvalue weighted by Gasteiger charge is 2.17. The van der Waals surface area contributed by atoms with Crippen LogP contribution in [0.25, 0.3) is 0 Å². The largest absolute Gasteiger partial charge is 0.314 e. The Balaban J connectivity index is 2.63. The minimum absolute atomic E-state index is 0.173. The summed E-state index contributed by atoms with van der Waals surface area (Å²) in [4.78, 5) is 2.41. The fourth-order valence-corrected chi connectivity index (χ4v) is 2.74. The minimum Gasteiger partial charge on any atom is -0.314 e. The van der Waals surface area contributed by atoms with Gasteiger partial charge in [-0.2, -0.15) is 0 Å². The predicted molar refractivity (Wildman–Crippen MR) is 85.0 cm³/mol. The number of hydrogen-bond donors (Lipinski definition) is 1. The molecule has 0 aliphatic carbocycles. The van der Waals surface area contributed by atoms with Crippen LogP contribution in [-0.4, -0.2) is 37.6 Å². The summed E-state index contributed by atoms with van der Waals surface area (Å²) in [6.45, 7) is 13.3. The van der Waals surface area contributed by atoms with Crippen molar-refractivity contribution < 1.29 is 0 Å². The maximum atomic E-state index is 3.36. The van der Waals surface area contributed by atoms with Gasteiger partial charge in [0.25, 0.3) is 0 Å². The number of rotatable bonds is 6. The molecule has 2 heteroatoms. The molecule has 0 unspecified atom stereocenters. The zero-order chi connectivity index (χ0) is 14.6. The number of likely N-dealkylation sites (N-methyl/N-ethyl adjacent to an activating group) is 2. The molecule has 108 valence electrons. The van der Waals surface area contributed by atoms with Gasteiger partial charge in [0.15, 0.2) is 0 Å². The second kappa shape index (κ2) is 6.53. The maximum absolute atomic E-state index is 3.36. The van der Waals surface area contributed by atoms with Crippen molar-refractivity contribution in [1.29, 1.82) is 0 Å². The number of aryl methyl sites for hydroxylation is 3. The summed E-state index contributed by atoms with van der Waals surface area (Å²) in [6, 6.07) is 4.58. The highest BCUT2D eigenvalue weighted by molar-refractivity contribution is 5.37. The third-order valence-electron chi connectivity index (χ3n) is 3.93. The Morgan fingerprint density at radius 1 is 1.11 bits per heavy atom. The predicted octanol–water partition coefficient (Wildman–Crippen LogP) is 3.08. The van der Waals surface area contributed by atoms with E-state index in [0.717, 1.165) is 19.5 Å². The highest BCUT2D eigenvalue weighted by Crippen LogP contribution is 2.17. The van der Waals surface area contributed by atoms with E-state index < -0.39 is 0 Å². The van der Waals surface area contributed by atoms with Gasteiger partial charge in [-0.15, -0.1) is 0 Å². The van der Waals surface area contributed by atoms with Gasteiger partial charge in [-0.05, 0) is 71.8 Å². The van der Waals surface area contributed by atoms with Gasteiger partial charge in [0.1, 0.15) is 0 Å². The summed E-state index contributed by atoms with van der Waals surface area (Å²) in [5.41, 5.74) is 5.91. The summed E-state index contributed by atoms with van der Waals surface area (Å²) in [5, 5.41) is 3.36. The summed E-state index contributed by atoms with van der Waals surface area (Å²) in [6.07, 6.45) is 1.13. The van der Waals surface area contributed by atoms with Crippen LogP contribution >= 0.6 is 0 Å². The van der Waals surface area contributed by atoms with E-state index in [1.807, 2.05) is 7.05 Å². The first-order chi connectivity index (χ1) is 8.75. The Labute approximate surface area is 119 Å². The minimum atomic E-state index is 0.173. The number of benzene rings is 1. The second-order valence-corrected chi connectivity index (χ2v) is 6.50. The van der Waals surface area contributed by atoms with Crippen molar-refractivity contribution in [2.75, 3.05) is 27.2 Å². The summed E-state index contributed by atoms with van der Waals surface area (Å²) in [7, 11) is 4.24. The zero-order valence-electron chi connectivity index (χ0n) is 13.7. The molecule has 0 aliphatic rings. The molecule has 0 saturated carbocycles. The van der Waals surface area contributed by atoms with Crippen molar-refractivity contribution in [3.05, 3.63) is 34.4 Å². The van der Waals surface area contributed by atoms with Crippen LogP contribution in [0.15, 0.2) is 12.1 Å². The van der Waals surface area contributed by atoms with Crippen LogP contribution in [0.5, 0.6) is 0 Å². The molecule has 0 aliphatic heterocycles. The highest BCUT2D eigenvalue weighted by atomic mass is 15.1. The standard InChI is InChI=1S/C17H30N2/c1-13-10-14(2)16(15(3)11-13)8-9-19(7)12-17(4,5)18-6/h10-11,18H,8-9,12H2,1-7H3. The molecular weight excluding hydrogens is 232 g/mol. The van der Waals surface area contributed by atoms with E-state index in [2.05, 4.69) is 64.0 Å². The Hall–Kier alpha value is -0.860. The molecule has 0 radical (unpaired) electrons. The normalized spacial score (nSPS) is 12.2. The van der Waals surface area contributed by atoms with E-state index >= 15 is 0 Å². The van der Waals surface area contributed by atoms with Gasteiger partial charge in [0, 0.05) is 18.6 Å². The fraction of sp³-hybridized carbons (Fsp3) is 0.647. The molecule has 0 heterocycles. The van der Waals surface area contributed by atoms with E-state index in [0.29, 0.717) is 0 Å². The molecule has 1 rings (SSSR count). The SMILES string of the molecule is CNC(C)(C)CN(C)CCc1c(C)cc(C)cc1C. The third-order valence-corrected chi connectivity index (χ3v) is 3.93. The lowest BCUT2D eigenvalue weighted by Gasteiger charge is -2.30. The summed E-state index contributed by atoms with van der Waals surface area (Å²) < 4.78 is 0. The Morgan fingerprint density at radius 2 is 1.63 bits per heavy atom. The van der Waals surface area contributed by atoms with Crippen LogP contribution in [0.1, 0.15) is 36.1 Å². The van der Waals surface area contributed by atoms with Crippen LogP contribution in [0.2, 0.25) is 0 Å². The van der Waals surface area contributed by atoms with Crippen LogP contribution < -0.4 is 5.32 Å². The molecular formula is C17H30N2. The van der Waals surface area contributed by atoms with Crippen LogP contribution in [0, 0.1) is 20.8 Å². The zero-order valence-corrected chi connectivity index (χ0v) is 13.7. The van der Waals surface area contributed by atoms with Gasteiger partial charge in [-0.1, -0.05) is 17.7 Å². The van der Waals surface area contributed by atoms with Gasteiger partial charge < -0.3 is 10.2 Å². The topological polar surface area (TPSA) is 15.3 Å². The van der Waals surface area contributed by atoms with Crippen molar-refractivity contribution in [2.24, 2.45) is 0 Å². The van der Waals surface area contributed by atoms with E-state index in [9.17, 15) is 0 Å². The van der Waals surface area contributed by atoms with Gasteiger partial charge in [0.2, 0.25) is 0 Å². The van der Waals surface area contributed by atoms with Crippen molar-refractivity contribution in [2.45, 2.75) is 46.6 Å². The smallest absolute Gasteiger partial charge is 0.0249 e. The van der Waals surface area contributed by atoms with Crippen molar-refractivity contribution in [3.8, 4) is 0 Å². The monoisotopic (exact) mass is 262 g/mol. The van der Waals surface area contributed by atoms with E-state index in [4.69, 9.17) is 0 Å². The molecule has 0 fully saturated rings. The molecule has 0 saturated heterocycles. The lowest BCUT2D eigenvalue weighted by Crippen LogP contribution is -2.46. The van der Waals surface area contributed by atoms with Crippen LogP contribution in [0.4, 0.5) is 0 Å². The molecule has 0 amide bonds. The average molecular weight is 262 g/mol. The van der Waals surface area contributed by atoms with Crippen molar-refractivity contribution in [1.82, 2.24) is 10.2 Å². The van der Waals surface area contributed by atoms with E-state index in [1.54, 1.807) is 0 Å². The molecule has 1 aromatic carbocycles. The van der Waals surface area contributed by atoms with Crippen molar-refractivity contribution >= 4 is 0 Å². The number of nitrogens with zero attached hydrogens (tertiary/aromatic N) is 1. The lowest BCUT2D eigenvalue weighted by molar-refractivity contribution is 0.246. The number of nitrogens with one attached hydrogen (secondary N) is 1. The van der Waals surface area contributed by atoms with E-state index in [-0.39, 0.29) is 5.54 Å². The molecule has 0 spiro atoms. The first kappa shape index (κ1) is 16.2. The molecule has 1 N–H and O–H groups in total. The third kappa shape index (κ3) is 4.96. The van der Waals surface area contributed by atoms with Crippen LogP contribution in [0.3, 0.4) is 0 Å². The van der Waals surface area contributed by atoms with Gasteiger partial charge >= 0.3 is 0 Å². The van der Waals surface area contributed by atoms with E-state index in [1.165, 1.54) is 22.3 Å². The first-order valence-corrected chi connectivity index (χ1v) is 7.19. The maximum Gasteiger partial charge on any atom is 0.0249 e. The molecule has 0 bridgehead atoms. The van der Waals surface area contributed by atoms with Gasteiger partial charge in [-0.25, -0.2) is 0 Å². The Kier molecular flexibility index (Phi) is 5.57. The lowest BCUT2D eigenvalue weighted by atomic mass is 9.97. The average Bonchev–Trinajstić information content (AvgIpc) is 2.26. The molecule has 0 aromatic heterocycles. The summed E-state index contributed by atoms with van der Waals surface area (Å²) in [5.74, 6) is 0. The Bertz CT molecular complexity index is 398. The molecule has 1 aromatic rings. The number of hydrogen-bond acceptors (Lipinski definition) is 2. The fourth-order valence-electron chi connectivity index (χ4n) is 2.74. The molecule has 2 nitrogen and oxygen atoms in total. The van der Waals surface area contributed by atoms with Gasteiger partial charge in [-0.3, -0.25) is 0 Å². The quantitative estimate of drug-likeness (QED) is 0.847. The van der Waals surface area contributed by atoms with Gasteiger partial charge in [0.05, 0.1) is 0 Å². The summed E-state index contributed by atoms with van der Waals surface area (Å²) >= 11 is 0. The first-order valence-electron chi connectivity index (χ1n) is 7.19. The second-order valence-electron chi connectivity index (χ2n) is 6.50. The van der Waals surface area contributed by atoms with Crippen molar-refractivity contribution in [3.63, 3.8) is 0 Å². The Morgan fingerprint density at radius 3 is 2.11 bits per heavy atom.